The van der Waals surface area contributed by atoms with Crippen LogP contribution in [-0.2, 0) is 14.3 Å². The van der Waals surface area contributed by atoms with Gasteiger partial charge in [-0.25, -0.2) is 9.59 Å². The van der Waals surface area contributed by atoms with E-state index < -0.39 is 23.7 Å². The predicted molar refractivity (Wildman–Crippen MR) is 121 cm³/mol. The van der Waals surface area contributed by atoms with E-state index in [2.05, 4.69) is 5.32 Å². The third kappa shape index (κ3) is 4.74. The lowest BCUT2D eigenvalue weighted by atomic mass is 9.54. The van der Waals surface area contributed by atoms with Crippen LogP contribution in [-0.4, -0.2) is 36.8 Å². The van der Waals surface area contributed by atoms with E-state index in [-0.39, 0.29) is 18.4 Å². The fourth-order valence-corrected chi connectivity index (χ4v) is 6.01. The molecular formula is C22H31ClN4O4. The monoisotopic (exact) mass is 450 g/mol. The van der Waals surface area contributed by atoms with Crippen LogP contribution in [0, 0.1) is 23.2 Å². The first-order valence-corrected chi connectivity index (χ1v) is 10.6. The van der Waals surface area contributed by atoms with Gasteiger partial charge in [0.05, 0.1) is 7.11 Å². The Labute approximate surface area is 188 Å². The summed E-state index contributed by atoms with van der Waals surface area (Å²) >= 11 is 0. The number of methoxy groups -OCH3 is 1. The summed E-state index contributed by atoms with van der Waals surface area (Å²) in [6.45, 7) is 1.63. The second-order valence-corrected chi connectivity index (χ2v) is 9.12. The van der Waals surface area contributed by atoms with Gasteiger partial charge in [-0.3, -0.25) is 10.3 Å². The van der Waals surface area contributed by atoms with Crippen molar-refractivity contribution in [2.24, 2.45) is 23.5 Å². The van der Waals surface area contributed by atoms with Crippen molar-refractivity contribution in [3.8, 4) is 0 Å². The molecule has 31 heavy (non-hydrogen) atoms. The maximum Gasteiger partial charge on any atom is 0.415 e. The van der Waals surface area contributed by atoms with Gasteiger partial charge in [0, 0.05) is 11.4 Å². The van der Waals surface area contributed by atoms with Gasteiger partial charge in [-0.2, -0.15) is 0 Å². The Morgan fingerprint density at radius 3 is 2.10 bits per heavy atom. The van der Waals surface area contributed by atoms with Crippen LogP contribution in [0.1, 0.15) is 45.4 Å². The quantitative estimate of drug-likeness (QED) is 0.356. The van der Waals surface area contributed by atoms with E-state index >= 15 is 0 Å². The highest BCUT2D eigenvalue weighted by Crippen LogP contribution is 2.57. The van der Waals surface area contributed by atoms with Crippen molar-refractivity contribution in [1.29, 1.82) is 5.41 Å². The molecule has 4 N–H and O–H groups in total. The Hall–Kier alpha value is -2.48. The first kappa shape index (κ1) is 23.2. The van der Waals surface area contributed by atoms with E-state index in [0.29, 0.717) is 29.1 Å². The number of benzene rings is 1. The SMILES string of the molecule is COC(=O)[C@H](C)N(C(=O)OC12CC3CC(CC(C3)C1)C2)c1ccc(NC(=N)N)cc1.Cl. The molecule has 0 spiro atoms. The molecule has 4 saturated carbocycles. The minimum Gasteiger partial charge on any atom is -0.467 e. The number of carbonyl (C=O) groups excluding carboxylic acids is 2. The number of esters is 1. The van der Waals surface area contributed by atoms with Gasteiger partial charge in [0.25, 0.3) is 0 Å². The summed E-state index contributed by atoms with van der Waals surface area (Å²) in [5.74, 6) is 1.25. The predicted octanol–water partition coefficient (Wildman–Crippen LogP) is 3.89. The number of anilines is 2. The van der Waals surface area contributed by atoms with Crippen molar-refractivity contribution in [2.75, 3.05) is 17.3 Å². The van der Waals surface area contributed by atoms with Crippen LogP contribution in [0.4, 0.5) is 16.2 Å². The minimum absolute atomic E-state index is 0. The summed E-state index contributed by atoms with van der Waals surface area (Å²) in [5.41, 5.74) is 6.10. The van der Waals surface area contributed by atoms with Crippen LogP contribution in [0.25, 0.3) is 0 Å². The largest absolute Gasteiger partial charge is 0.467 e. The normalized spacial score (nSPS) is 28.8. The zero-order chi connectivity index (χ0) is 21.5. The molecular weight excluding hydrogens is 420 g/mol. The van der Waals surface area contributed by atoms with Crippen LogP contribution in [0.3, 0.4) is 0 Å². The highest BCUT2D eigenvalue weighted by Gasteiger charge is 2.53. The number of nitrogens with two attached hydrogens (primary N) is 1. The van der Waals surface area contributed by atoms with Crippen molar-refractivity contribution in [2.45, 2.75) is 57.1 Å². The van der Waals surface area contributed by atoms with Crippen LogP contribution >= 0.6 is 12.4 Å². The second-order valence-electron chi connectivity index (χ2n) is 9.12. The molecule has 1 aromatic carbocycles. The number of ether oxygens (including phenoxy) is 2. The van der Waals surface area contributed by atoms with Crippen LogP contribution < -0.4 is 16.0 Å². The molecule has 4 aliphatic rings. The number of amides is 1. The number of hydrogen-bond acceptors (Lipinski definition) is 5. The maximum absolute atomic E-state index is 13.4. The van der Waals surface area contributed by atoms with E-state index in [9.17, 15) is 9.59 Å². The number of rotatable bonds is 5. The van der Waals surface area contributed by atoms with Gasteiger partial charge in [-0.1, -0.05) is 0 Å². The van der Waals surface area contributed by atoms with Crippen molar-refractivity contribution in [1.82, 2.24) is 0 Å². The van der Waals surface area contributed by atoms with Gasteiger partial charge in [0.1, 0.15) is 11.6 Å². The number of halogens is 1. The van der Waals surface area contributed by atoms with Crippen LogP contribution in [0.2, 0.25) is 0 Å². The van der Waals surface area contributed by atoms with E-state index in [4.69, 9.17) is 20.6 Å². The average molecular weight is 451 g/mol. The van der Waals surface area contributed by atoms with E-state index in [1.54, 1.807) is 31.2 Å². The van der Waals surface area contributed by atoms with E-state index in [0.717, 1.165) is 19.3 Å². The summed E-state index contributed by atoms with van der Waals surface area (Å²) in [6, 6.07) is 5.97. The minimum atomic E-state index is -0.831. The van der Waals surface area contributed by atoms with Crippen molar-refractivity contribution < 1.29 is 19.1 Å². The zero-order valence-electron chi connectivity index (χ0n) is 17.9. The molecule has 0 aromatic heterocycles. The Kier molecular flexibility index (Phi) is 6.69. The molecule has 0 radical (unpaired) electrons. The highest BCUT2D eigenvalue weighted by molar-refractivity contribution is 5.96. The number of hydrogen-bond donors (Lipinski definition) is 3. The Morgan fingerprint density at radius 1 is 1.13 bits per heavy atom. The fourth-order valence-electron chi connectivity index (χ4n) is 6.01. The van der Waals surface area contributed by atoms with Crippen LogP contribution in [0.5, 0.6) is 0 Å². The summed E-state index contributed by atoms with van der Waals surface area (Å²) in [5, 5.41) is 10.0. The molecule has 1 atom stereocenters. The third-order valence-electron chi connectivity index (χ3n) is 6.84. The zero-order valence-corrected chi connectivity index (χ0v) is 18.7. The molecule has 1 aromatic rings. The molecule has 8 nitrogen and oxygen atoms in total. The molecule has 0 aliphatic heterocycles. The van der Waals surface area contributed by atoms with Crippen molar-refractivity contribution in [3.05, 3.63) is 24.3 Å². The van der Waals surface area contributed by atoms with Gasteiger partial charge in [-0.15, -0.1) is 12.4 Å². The standard InChI is InChI=1S/C22H30N4O4.ClH/c1-13(19(27)29-2)26(18-5-3-17(4-6-18)25-20(23)24)21(28)30-22-10-14-7-15(11-22)9-16(8-14)12-22;/h3-6,13-16H,7-12H2,1-2H3,(H4,23,24,25);1H/t13-,14?,15?,16?,22?;/m0./s1. The first-order chi connectivity index (χ1) is 14.3. The molecule has 1 amide bonds. The lowest BCUT2D eigenvalue weighted by Crippen LogP contribution is -2.55. The fraction of sp³-hybridized carbons (Fsp3) is 0.591. The highest BCUT2D eigenvalue weighted by atomic mass is 35.5. The Morgan fingerprint density at radius 2 is 1.65 bits per heavy atom. The molecule has 0 heterocycles. The number of carbonyl (C=O) groups is 2. The van der Waals surface area contributed by atoms with Crippen molar-refractivity contribution >= 4 is 41.8 Å². The molecule has 4 fully saturated rings. The van der Waals surface area contributed by atoms with E-state index in [1.807, 2.05) is 0 Å². The molecule has 5 rings (SSSR count). The maximum atomic E-state index is 13.4. The smallest absolute Gasteiger partial charge is 0.415 e. The van der Waals surface area contributed by atoms with Gasteiger partial charge >= 0.3 is 12.1 Å². The van der Waals surface area contributed by atoms with Gasteiger partial charge < -0.3 is 20.5 Å². The molecule has 9 heteroatoms. The van der Waals surface area contributed by atoms with Gasteiger partial charge in [-0.05, 0) is 87.5 Å². The molecule has 4 aliphatic carbocycles. The number of nitrogens with one attached hydrogen (secondary N) is 2. The van der Waals surface area contributed by atoms with Crippen molar-refractivity contribution in [3.63, 3.8) is 0 Å². The Balaban J connectivity index is 0.00000272. The Bertz CT molecular complexity index is 809. The summed E-state index contributed by atoms with van der Waals surface area (Å²) in [7, 11) is 1.31. The van der Waals surface area contributed by atoms with E-state index in [1.165, 1.54) is 31.3 Å². The third-order valence-corrected chi connectivity index (χ3v) is 6.84. The molecule has 170 valence electrons. The molecule has 0 saturated heterocycles. The summed E-state index contributed by atoms with van der Waals surface area (Å²) in [4.78, 5) is 27.0. The molecule has 0 unspecified atom stereocenters. The molecule has 4 bridgehead atoms. The van der Waals surface area contributed by atoms with Gasteiger partial charge in [0.15, 0.2) is 5.96 Å². The first-order valence-electron chi connectivity index (χ1n) is 10.6. The summed E-state index contributed by atoms with van der Waals surface area (Å²) < 4.78 is 11.1. The van der Waals surface area contributed by atoms with Crippen LogP contribution in [0.15, 0.2) is 24.3 Å². The summed E-state index contributed by atoms with van der Waals surface area (Å²) in [6.07, 6.45) is 6.02. The van der Waals surface area contributed by atoms with Gasteiger partial charge in [0.2, 0.25) is 0 Å². The average Bonchev–Trinajstić information content (AvgIpc) is 2.66. The number of nitrogens with zero attached hydrogens (tertiary/aromatic N) is 1. The lowest BCUT2D eigenvalue weighted by molar-refractivity contribution is -0.143. The number of guanidine groups is 1. The second kappa shape index (κ2) is 8.94. The topological polar surface area (TPSA) is 118 Å². The lowest BCUT2D eigenvalue weighted by Gasteiger charge is -2.55.